The Balaban J connectivity index is 1.47. The molecule has 5 aromatic carbocycles. The van der Waals surface area contributed by atoms with Gasteiger partial charge in [0.05, 0.1) is 11.4 Å². The van der Waals surface area contributed by atoms with Gasteiger partial charge in [0.15, 0.2) is 0 Å². The number of fused-ring (bicyclic) bond motifs is 12. The summed E-state index contributed by atoms with van der Waals surface area (Å²) in [6, 6.07) is 36.1. The Labute approximate surface area is 231 Å². The highest BCUT2D eigenvalue weighted by Crippen LogP contribution is 2.48. The third-order valence-electron chi connectivity index (χ3n) is 9.96. The summed E-state index contributed by atoms with van der Waals surface area (Å²) in [6.07, 6.45) is 3.95. The van der Waals surface area contributed by atoms with Crippen LogP contribution in [0.4, 0.5) is 0 Å². The Morgan fingerprint density at radius 2 is 0.825 bits per heavy atom. The van der Waals surface area contributed by atoms with Crippen LogP contribution in [0.3, 0.4) is 0 Å². The van der Waals surface area contributed by atoms with Crippen molar-refractivity contribution in [3.05, 3.63) is 109 Å². The fourth-order valence-electron chi connectivity index (χ4n) is 8.73. The molecule has 0 saturated heterocycles. The maximum atomic E-state index is 5.13. The van der Waals surface area contributed by atoms with Crippen LogP contribution in [0.25, 0.3) is 66.3 Å². The van der Waals surface area contributed by atoms with E-state index in [2.05, 4.69) is 97.1 Å². The summed E-state index contributed by atoms with van der Waals surface area (Å²) in [5, 5.41) is 5.35. The first-order valence-electron chi connectivity index (χ1n) is 14.1. The predicted molar refractivity (Wildman–Crippen MR) is 168 cm³/mol. The second-order valence-corrected chi connectivity index (χ2v) is 11.6. The molecule has 178 valence electrons. The number of pyridine rings is 2. The van der Waals surface area contributed by atoms with E-state index in [4.69, 9.17) is 9.97 Å². The van der Waals surface area contributed by atoms with Gasteiger partial charge in [-0.05, 0) is 66.9 Å². The summed E-state index contributed by atoms with van der Waals surface area (Å²) in [4.78, 5) is 10.3. The Kier molecular flexibility index (Phi) is 3.31. The average Bonchev–Trinajstić information content (AvgIpc) is 3.53. The van der Waals surface area contributed by atoms with Crippen LogP contribution < -0.4 is 32.8 Å². The van der Waals surface area contributed by atoms with E-state index >= 15 is 0 Å². The molecule has 0 saturated carbocycles. The van der Waals surface area contributed by atoms with Crippen LogP contribution in [-0.4, -0.2) is 23.4 Å². The van der Waals surface area contributed by atoms with Crippen molar-refractivity contribution in [3.8, 4) is 44.8 Å². The molecule has 4 aliphatic rings. The van der Waals surface area contributed by atoms with Crippen molar-refractivity contribution in [1.29, 1.82) is 0 Å². The van der Waals surface area contributed by atoms with Gasteiger partial charge in [0.1, 0.15) is 0 Å². The molecule has 4 aliphatic heterocycles. The van der Waals surface area contributed by atoms with E-state index in [1.807, 2.05) is 12.4 Å². The maximum absolute atomic E-state index is 5.13. The van der Waals surface area contributed by atoms with E-state index in [0.717, 1.165) is 11.4 Å². The van der Waals surface area contributed by atoms with Crippen molar-refractivity contribution in [2.75, 3.05) is 0 Å². The quantitative estimate of drug-likeness (QED) is 0.297. The fourth-order valence-corrected chi connectivity index (χ4v) is 8.73. The van der Waals surface area contributed by atoms with Crippen molar-refractivity contribution in [1.82, 2.24) is 9.97 Å². The second kappa shape index (κ2) is 6.60. The van der Waals surface area contributed by atoms with Gasteiger partial charge >= 0.3 is 0 Å². The molecular formula is C36H18B2N2. The summed E-state index contributed by atoms with van der Waals surface area (Å²) < 4.78 is 0. The van der Waals surface area contributed by atoms with E-state index in [1.54, 1.807) is 0 Å². The van der Waals surface area contributed by atoms with Gasteiger partial charge in [-0.2, -0.15) is 0 Å². The number of hydrogen-bond acceptors (Lipinski definition) is 2. The molecule has 0 aliphatic carbocycles. The van der Waals surface area contributed by atoms with Gasteiger partial charge in [-0.3, -0.25) is 9.97 Å². The maximum Gasteiger partial charge on any atom is 0.246 e. The largest absolute Gasteiger partial charge is 0.257 e. The fraction of sp³-hybridized carbons (Fsp3) is 0. The average molecular weight is 500 g/mol. The van der Waals surface area contributed by atoms with Gasteiger partial charge < -0.3 is 0 Å². The molecule has 2 nitrogen and oxygen atoms in total. The van der Waals surface area contributed by atoms with Crippen LogP contribution in [0.15, 0.2) is 109 Å². The predicted octanol–water partition coefficient (Wildman–Crippen LogP) is 3.74. The van der Waals surface area contributed by atoms with Gasteiger partial charge in [0.2, 0.25) is 13.4 Å². The Morgan fingerprint density at radius 1 is 0.400 bits per heavy atom. The lowest BCUT2D eigenvalue weighted by molar-refractivity contribution is 1.35. The van der Waals surface area contributed by atoms with Crippen molar-refractivity contribution < 1.29 is 0 Å². The summed E-state index contributed by atoms with van der Waals surface area (Å²) in [5.41, 5.74) is 18.6. The van der Waals surface area contributed by atoms with Crippen molar-refractivity contribution in [2.45, 2.75) is 0 Å². The molecule has 7 aromatic rings. The summed E-state index contributed by atoms with van der Waals surface area (Å²) in [5.74, 6) is 0. The number of hydrogen-bond donors (Lipinski definition) is 0. The van der Waals surface area contributed by atoms with Gasteiger partial charge in [0.25, 0.3) is 0 Å². The highest BCUT2D eigenvalue weighted by atomic mass is 14.7. The summed E-state index contributed by atoms with van der Waals surface area (Å²) in [6.45, 7) is 0.327. The van der Waals surface area contributed by atoms with Gasteiger partial charge in [-0.15, -0.1) is 0 Å². The minimum absolute atomic E-state index is 0.163. The lowest BCUT2D eigenvalue weighted by atomic mass is 9.33. The molecule has 0 bridgehead atoms. The van der Waals surface area contributed by atoms with Gasteiger partial charge in [0, 0.05) is 23.5 Å². The monoisotopic (exact) mass is 500 g/mol. The summed E-state index contributed by atoms with van der Waals surface area (Å²) >= 11 is 0. The standard InChI is InChI=1S/C36H18B2N2/c1-7-19-9-3-13-23-27(19)21(11-1)29-31-34-30(32-33(29)37(23)26-16-6-18-40-36(26)32)22-12-2-8-20-10-4-14-24(28(20)22)38(34)25-15-5-17-39-35(25)31/h1-18H. The Morgan fingerprint density at radius 3 is 1.30 bits per heavy atom. The Hall–Kier alpha value is -4.95. The molecule has 0 fully saturated rings. The van der Waals surface area contributed by atoms with E-state index in [9.17, 15) is 0 Å². The first-order chi connectivity index (χ1) is 19.9. The SMILES string of the molecule is c1cnc2c(c1)B1c3c-2c2c4c(c3-c3cccc5cccc1c35)-c1ncccc1B4c1cccc3cccc-2c13. The number of aromatic nitrogens is 2. The van der Waals surface area contributed by atoms with Gasteiger partial charge in [-0.1, -0.05) is 107 Å². The molecule has 0 unspecified atom stereocenters. The van der Waals surface area contributed by atoms with Crippen LogP contribution in [-0.2, 0) is 0 Å². The highest BCUT2D eigenvalue weighted by Gasteiger charge is 2.50. The number of nitrogens with zero attached hydrogens (tertiary/aromatic N) is 2. The van der Waals surface area contributed by atoms with Gasteiger partial charge in [-0.25, -0.2) is 0 Å². The van der Waals surface area contributed by atoms with Crippen molar-refractivity contribution in [3.63, 3.8) is 0 Å². The molecule has 0 atom stereocenters. The van der Waals surface area contributed by atoms with Crippen LogP contribution in [0.2, 0.25) is 0 Å². The van der Waals surface area contributed by atoms with E-state index < -0.39 is 0 Å². The van der Waals surface area contributed by atoms with E-state index in [0.29, 0.717) is 0 Å². The van der Waals surface area contributed by atoms with E-state index in [-0.39, 0.29) is 13.4 Å². The lowest BCUT2D eigenvalue weighted by Gasteiger charge is -2.31. The van der Waals surface area contributed by atoms with Crippen molar-refractivity contribution in [2.24, 2.45) is 0 Å². The van der Waals surface area contributed by atoms with Crippen LogP contribution in [0.1, 0.15) is 0 Å². The molecule has 0 N–H and O–H groups in total. The minimum Gasteiger partial charge on any atom is -0.257 e. The molecule has 2 aromatic heterocycles. The number of rotatable bonds is 0. The first kappa shape index (κ1) is 20.0. The first-order valence-corrected chi connectivity index (χ1v) is 14.1. The highest BCUT2D eigenvalue weighted by molar-refractivity contribution is 7.05. The zero-order valence-electron chi connectivity index (χ0n) is 21.4. The molecule has 0 amide bonds. The molecular weight excluding hydrogens is 482 g/mol. The van der Waals surface area contributed by atoms with Crippen molar-refractivity contribution >= 4 is 67.7 Å². The van der Waals surface area contributed by atoms with E-state index in [1.165, 1.54) is 87.7 Å². The molecule has 6 heterocycles. The van der Waals surface area contributed by atoms with Crippen LogP contribution >= 0.6 is 0 Å². The minimum atomic E-state index is 0.163. The normalized spacial score (nSPS) is 13.9. The third-order valence-corrected chi connectivity index (χ3v) is 9.96. The molecule has 4 heteroatoms. The molecule has 0 radical (unpaired) electrons. The zero-order valence-corrected chi connectivity index (χ0v) is 21.4. The number of benzene rings is 5. The van der Waals surface area contributed by atoms with Crippen LogP contribution in [0, 0.1) is 0 Å². The second-order valence-electron chi connectivity index (χ2n) is 11.6. The Bertz CT molecular complexity index is 2180. The molecule has 0 spiro atoms. The zero-order chi connectivity index (χ0) is 25.7. The molecule has 11 rings (SSSR count). The summed E-state index contributed by atoms with van der Waals surface area (Å²) in [7, 11) is 0. The molecule has 40 heavy (non-hydrogen) atoms. The van der Waals surface area contributed by atoms with Crippen LogP contribution in [0.5, 0.6) is 0 Å². The smallest absolute Gasteiger partial charge is 0.246 e. The lowest BCUT2D eigenvalue weighted by Crippen LogP contribution is -2.54. The topological polar surface area (TPSA) is 25.8 Å². The third kappa shape index (κ3) is 2.04.